The number of hydrogen-bond acceptors (Lipinski definition) is 1. The maximum Gasteiger partial charge on any atom is 0.274 e. The smallest absolute Gasteiger partial charge is 0.274 e. The number of rotatable bonds is 4. The van der Waals surface area contributed by atoms with Gasteiger partial charge in [-0.2, -0.15) is 0 Å². The second-order valence-corrected chi connectivity index (χ2v) is 6.90. The maximum atomic E-state index is 15.7. The second-order valence-electron chi connectivity index (χ2n) is 6.90. The van der Waals surface area contributed by atoms with Gasteiger partial charge in [0.2, 0.25) is 0 Å². The zero-order chi connectivity index (χ0) is 16.8. The molecule has 0 unspecified atom stereocenters. The minimum Gasteiger partial charge on any atom is -0.283 e. The molecule has 0 bridgehead atoms. The molecule has 0 aromatic heterocycles. The van der Waals surface area contributed by atoms with Crippen LogP contribution < -0.4 is 0 Å². The van der Waals surface area contributed by atoms with Crippen molar-refractivity contribution in [2.24, 2.45) is 5.92 Å². The van der Waals surface area contributed by atoms with Crippen LogP contribution in [0.1, 0.15) is 23.1 Å². The molecule has 1 saturated heterocycles. The molecule has 2 heterocycles. The van der Waals surface area contributed by atoms with E-state index in [1.165, 1.54) is 0 Å². The Morgan fingerprint density at radius 2 is 1.79 bits per heavy atom. The first-order valence-electron chi connectivity index (χ1n) is 8.45. The number of halogens is 2. The predicted molar refractivity (Wildman–Crippen MR) is 91.9 cm³/mol. The molecule has 0 radical (unpaired) electrons. The highest BCUT2D eigenvalue weighted by Gasteiger charge is 2.68. The number of fused-ring (bicyclic) bond motifs is 3. The molecule has 0 saturated carbocycles. The van der Waals surface area contributed by atoms with Gasteiger partial charge in [0.25, 0.3) is 5.92 Å². The van der Waals surface area contributed by atoms with Gasteiger partial charge in [0.1, 0.15) is 5.54 Å². The van der Waals surface area contributed by atoms with E-state index in [1.54, 1.807) is 6.08 Å². The SMILES string of the molecule is C=CC[C@]12c3ccccc3CN1C[C@@H](Cc1ccccc1)C2(F)F. The van der Waals surface area contributed by atoms with Crippen molar-refractivity contribution < 1.29 is 8.78 Å². The van der Waals surface area contributed by atoms with Crippen molar-refractivity contribution >= 4 is 0 Å². The van der Waals surface area contributed by atoms with Crippen LogP contribution in [-0.4, -0.2) is 17.4 Å². The number of benzene rings is 2. The monoisotopic (exact) mass is 325 g/mol. The van der Waals surface area contributed by atoms with E-state index in [-0.39, 0.29) is 6.42 Å². The van der Waals surface area contributed by atoms with E-state index in [2.05, 4.69) is 6.58 Å². The molecule has 1 fully saturated rings. The minimum atomic E-state index is -2.79. The highest BCUT2D eigenvalue weighted by Crippen LogP contribution is 2.59. The molecule has 0 spiro atoms. The first-order valence-corrected chi connectivity index (χ1v) is 8.45. The lowest BCUT2D eigenvalue weighted by Gasteiger charge is -2.38. The molecule has 3 heteroatoms. The zero-order valence-corrected chi connectivity index (χ0v) is 13.6. The lowest BCUT2D eigenvalue weighted by atomic mass is 9.77. The van der Waals surface area contributed by atoms with Crippen molar-refractivity contribution in [3.63, 3.8) is 0 Å². The van der Waals surface area contributed by atoms with E-state index in [0.717, 1.165) is 16.7 Å². The molecule has 0 amide bonds. The molecule has 24 heavy (non-hydrogen) atoms. The van der Waals surface area contributed by atoms with Gasteiger partial charge < -0.3 is 0 Å². The Morgan fingerprint density at radius 1 is 1.08 bits per heavy atom. The van der Waals surface area contributed by atoms with Crippen LogP contribution in [-0.2, 0) is 18.5 Å². The minimum absolute atomic E-state index is 0.280. The normalized spacial score (nSPS) is 27.7. The van der Waals surface area contributed by atoms with Crippen LogP contribution in [0.5, 0.6) is 0 Å². The Morgan fingerprint density at radius 3 is 2.54 bits per heavy atom. The second kappa shape index (κ2) is 5.52. The van der Waals surface area contributed by atoms with Crippen molar-refractivity contribution in [2.45, 2.75) is 30.8 Å². The van der Waals surface area contributed by atoms with E-state index < -0.39 is 17.4 Å². The summed E-state index contributed by atoms with van der Waals surface area (Å²) in [4.78, 5) is 1.98. The third-order valence-electron chi connectivity index (χ3n) is 5.63. The molecule has 0 N–H and O–H groups in total. The third-order valence-corrected chi connectivity index (χ3v) is 5.63. The van der Waals surface area contributed by atoms with E-state index >= 15 is 8.78 Å². The Hall–Kier alpha value is -2.00. The zero-order valence-electron chi connectivity index (χ0n) is 13.6. The van der Waals surface area contributed by atoms with Crippen LogP contribution in [0, 0.1) is 5.92 Å². The van der Waals surface area contributed by atoms with E-state index in [9.17, 15) is 0 Å². The summed E-state index contributed by atoms with van der Waals surface area (Å²) >= 11 is 0. The van der Waals surface area contributed by atoms with Crippen molar-refractivity contribution in [2.75, 3.05) is 6.54 Å². The van der Waals surface area contributed by atoms with Gasteiger partial charge in [0.15, 0.2) is 0 Å². The van der Waals surface area contributed by atoms with Crippen LogP contribution >= 0.6 is 0 Å². The fourth-order valence-electron chi connectivity index (χ4n) is 4.58. The highest BCUT2D eigenvalue weighted by molar-refractivity contribution is 5.43. The summed E-state index contributed by atoms with van der Waals surface area (Å²) in [5.74, 6) is -3.46. The molecule has 0 aliphatic carbocycles. The van der Waals surface area contributed by atoms with Gasteiger partial charge >= 0.3 is 0 Å². The molecule has 2 aromatic rings. The van der Waals surface area contributed by atoms with Crippen molar-refractivity contribution in [1.29, 1.82) is 0 Å². The van der Waals surface area contributed by atoms with Crippen LogP contribution in [0.25, 0.3) is 0 Å². The van der Waals surface area contributed by atoms with Gasteiger partial charge in [-0.25, -0.2) is 8.78 Å². The number of hydrogen-bond donors (Lipinski definition) is 0. The Kier molecular flexibility index (Phi) is 3.57. The molecular weight excluding hydrogens is 304 g/mol. The summed E-state index contributed by atoms with van der Waals surface area (Å²) in [6.07, 6.45) is 2.33. The first-order chi connectivity index (χ1) is 11.6. The Balaban J connectivity index is 1.76. The largest absolute Gasteiger partial charge is 0.283 e. The van der Waals surface area contributed by atoms with E-state index in [0.29, 0.717) is 19.5 Å². The molecule has 1 nitrogen and oxygen atoms in total. The predicted octanol–water partition coefficient (Wildman–Crippen LogP) is 4.78. The quantitative estimate of drug-likeness (QED) is 0.731. The van der Waals surface area contributed by atoms with Crippen LogP contribution in [0.15, 0.2) is 67.3 Å². The molecule has 2 atom stereocenters. The van der Waals surface area contributed by atoms with Crippen molar-refractivity contribution in [1.82, 2.24) is 4.90 Å². The van der Waals surface area contributed by atoms with Gasteiger partial charge in [0.05, 0.1) is 0 Å². The molecule has 2 aliphatic heterocycles. The van der Waals surface area contributed by atoms with Crippen molar-refractivity contribution in [3.05, 3.63) is 83.9 Å². The molecular formula is C21H21F2N. The highest BCUT2D eigenvalue weighted by atomic mass is 19.3. The number of nitrogens with zero attached hydrogens (tertiary/aromatic N) is 1. The first kappa shape index (κ1) is 15.5. The Bertz CT molecular complexity index is 755. The molecule has 2 aromatic carbocycles. The molecule has 2 aliphatic rings. The summed E-state index contributed by atoms with van der Waals surface area (Å²) in [5.41, 5.74) is 1.55. The van der Waals surface area contributed by atoms with Crippen LogP contribution in [0.4, 0.5) is 8.78 Å². The topological polar surface area (TPSA) is 3.24 Å². The van der Waals surface area contributed by atoms with Gasteiger partial charge in [-0.1, -0.05) is 60.7 Å². The lowest BCUT2D eigenvalue weighted by Crippen LogP contribution is -2.48. The van der Waals surface area contributed by atoms with Crippen molar-refractivity contribution in [3.8, 4) is 0 Å². The van der Waals surface area contributed by atoms with Crippen LogP contribution in [0.2, 0.25) is 0 Å². The summed E-state index contributed by atoms with van der Waals surface area (Å²) in [6, 6.07) is 17.3. The lowest BCUT2D eigenvalue weighted by molar-refractivity contribution is -0.117. The fourth-order valence-corrected chi connectivity index (χ4v) is 4.58. The summed E-state index contributed by atoms with van der Waals surface area (Å²) < 4.78 is 31.4. The average molecular weight is 325 g/mol. The Labute approximate surface area is 141 Å². The third kappa shape index (κ3) is 2.01. The number of alkyl halides is 2. The molecule has 124 valence electrons. The fraction of sp³-hybridized carbons (Fsp3) is 0.333. The standard InChI is InChI=1S/C21H21F2N/c1-2-12-20-19-11-7-6-10-17(19)14-24(20)15-18(21(20,22)23)13-16-8-4-3-5-9-16/h2-11,18H,1,12-15H2/t18-,20-/m1/s1. The van der Waals surface area contributed by atoms with Gasteiger partial charge in [-0.05, 0) is 29.5 Å². The summed E-state index contributed by atoms with van der Waals surface area (Å²) in [6.45, 7) is 4.79. The van der Waals surface area contributed by atoms with Crippen LogP contribution in [0.3, 0.4) is 0 Å². The van der Waals surface area contributed by atoms with Gasteiger partial charge in [-0.3, -0.25) is 4.90 Å². The van der Waals surface area contributed by atoms with Gasteiger partial charge in [-0.15, -0.1) is 6.58 Å². The molecule has 4 rings (SSSR count). The summed E-state index contributed by atoms with van der Waals surface area (Å²) in [7, 11) is 0. The maximum absolute atomic E-state index is 15.7. The average Bonchev–Trinajstić information content (AvgIpc) is 3.00. The summed E-state index contributed by atoms with van der Waals surface area (Å²) in [5, 5.41) is 0. The van der Waals surface area contributed by atoms with E-state index in [4.69, 9.17) is 0 Å². The van der Waals surface area contributed by atoms with E-state index in [1.807, 2.05) is 59.5 Å². The van der Waals surface area contributed by atoms with Gasteiger partial charge in [0, 0.05) is 19.0 Å².